The number of hydrogen-bond acceptors (Lipinski definition) is 4. The fraction of sp³-hybridized carbons (Fsp3) is 0.700. The first kappa shape index (κ1) is 11.1. The zero-order valence-electron chi connectivity index (χ0n) is 9.66. The summed E-state index contributed by atoms with van der Waals surface area (Å²) in [4.78, 5) is 17.8. The lowest BCUT2D eigenvalue weighted by atomic mass is 10.4. The molecule has 6 heteroatoms. The molecule has 1 saturated carbocycles. The Balaban J connectivity index is 1.71. The zero-order valence-corrected chi connectivity index (χ0v) is 9.66. The highest BCUT2D eigenvalue weighted by atomic mass is 16.2. The molecular formula is C10H17N5O. The molecule has 0 aromatic carbocycles. The average Bonchev–Trinajstić information content (AvgIpc) is 3.01. The van der Waals surface area contributed by atoms with E-state index in [9.17, 15) is 4.79 Å². The largest absolute Gasteiger partial charge is 0.348 e. The number of aromatic amines is 1. The molecule has 1 aromatic heterocycles. The molecule has 1 aromatic rings. The molecule has 0 unspecified atom stereocenters. The van der Waals surface area contributed by atoms with Gasteiger partial charge < -0.3 is 10.2 Å². The van der Waals surface area contributed by atoms with Crippen LogP contribution in [-0.2, 0) is 0 Å². The van der Waals surface area contributed by atoms with Gasteiger partial charge in [0.2, 0.25) is 5.82 Å². The minimum Gasteiger partial charge on any atom is -0.348 e. The molecule has 1 heterocycles. The van der Waals surface area contributed by atoms with Gasteiger partial charge in [0.05, 0.1) is 0 Å². The van der Waals surface area contributed by atoms with Crippen LogP contribution in [0.2, 0.25) is 0 Å². The number of carbonyl (C=O) groups excluding carboxylic acids is 1. The highest BCUT2D eigenvalue weighted by molar-refractivity contribution is 5.90. The van der Waals surface area contributed by atoms with E-state index >= 15 is 0 Å². The van der Waals surface area contributed by atoms with Crippen molar-refractivity contribution < 1.29 is 4.79 Å². The SMILES string of the molecule is Cc1nc(C(=O)NCCN(C)C2CC2)n[nH]1. The Bertz CT molecular complexity index is 371. The van der Waals surface area contributed by atoms with E-state index in [4.69, 9.17) is 0 Å². The van der Waals surface area contributed by atoms with E-state index in [2.05, 4.69) is 32.4 Å². The van der Waals surface area contributed by atoms with Crippen LogP contribution in [0.15, 0.2) is 0 Å². The van der Waals surface area contributed by atoms with Gasteiger partial charge in [-0.1, -0.05) is 0 Å². The van der Waals surface area contributed by atoms with Gasteiger partial charge in [0.15, 0.2) is 0 Å². The molecule has 0 saturated heterocycles. The molecular weight excluding hydrogens is 206 g/mol. The van der Waals surface area contributed by atoms with Crippen molar-refractivity contribution in [2.45, 2.75) is 25.8 Å². The number of amides is 1. The fourth-order valence-corrected chi connectivity index (χ4v) is 1.57. The number of hydrogen-bond donors (Lipinski definition) is 2. The molecule has 1 fully saturated rings. The van der Waals surface area contributed by atoms with E-state index in [1.54, 1.807) is 6.92 Å². The van der Waals surface area contributed by atoms with Gasteiger partial charge in [-0.3, -0.25) is 9.89 Å². The van der Waals surface area contributed by atoms with E-state index in [1.165, 1.54) is 12.8 Å². The van der Waals surface area contributed by atoms with Gasteiger partial charge >= 0.3 is 0 Å². The lowest BCUT2D eigenvalue weighted by Crippen LogP contribution is -2.34. The van der Waals surface area contributed by atoms with E-state index in [-0.39, 0.29) is 11.7 Å². The molecule has 88 valence electrons. The summed E-state index contributed by atoms with van der Waals surface area (Å²) >= 11 is 0. The number of aromatic nitrogens is 3. The predicted molar refractivity (Wildman–Crippen MR) is 59.1 cm³/mol. The lowest BCUT2D eigenvalue weighted by molar-refractivity contribution is 0.0939. The van der Waals surface area contributed by atoms with Crippen molar-refractivity contribution in [3.63, 3.8) is 0 Å². The summed E-state index contributed by atoms with van der Waals surface area (Å²) < 4.78 is 0. The molecule has 6 nitrogen and oxygen atoms in total. The molecule has 2 N–H and O–H groups in total. The second-order valence-corrected chi connectivity index (χ2v) is 4.21. The quantitative estimate of drug-likeness (QED) is 0.733. The number of nitrogens with zero attached hydrogens (tertiary/aromatic N) is 3. The maximum atomic E-state index is 11.6. The van der Waals surface area contributed by atoms with Crippen LogP contribution in [0.5, 0.6) is 0 Å². The Kier molecular flexibility index (Phi) is 3.19. The third-order valence-electron chi connectivity index (χ3n) is 2.72. The molecule has 2 rings (SSSR count). The van der Waals surface area contributed by atoms with Crippen LogP contribution in [0.4, 0.5) is 0 Å². The first-order valence-electron chi connectivity index (χ1n) is 5.54. The molecule has 0 aliphatic heterocycles. The normalized spacial score (nSPS) is 15.4. The van der Waals surface area contributed by atoms with Crippen molar-refractivity contribution in [2.24, 2.45) is 0 Å². The van der Waals surface area contributed by atoms with Gasteiger partial charge in [-0.05, 0) is 26.8 Å². The van der Waals surface area contributed by atoms with Crippen LogP contribution in [0.25, 0.3) is 0 Å². The minimum atomic E-state index is -0.214. The Labute approximate surface area is 94.4 Å². The summed E-state index contributed by atoms with van der Waals surface area (Å²) in [6.07, 6.45) is 2.56. The number of aryl methyl sites for hydroxylation is 1. The van der Waals surface area contributed by atoms with Crippen LogP contribution in [0.1, 0.15) is 29.3 Å². The third kappa shape index (κ3) is 2.79. The van der Waals surface area contributed by atoms with Crippen LogP contribution in [0, 0.1) is 6.92 Å². The highest BCUT2D eigenvalue weighted by Crippen LogP contribution is 2.24. The molecule has 0 spiro atoms. The van der Waals surface area contributed by atoms with Crippen molar-refractivity contribution in [2.75, 3.05) is 20.1 Å². The molecule has 1 aliphatic carbocycles. The van der Waals surface area contributed by atoms with Gasteiger partial charge in [0, 0.05) is 19.1 Å². The average molecular weight is 223 g/mol. The fourth-order valence-electron chi connectivity index (χ4n) is 1.57. The lowest BCUT2D eigenvalue weighted by Gasteiger charge is -2.15. The summed E-state index contributed by atoms with van der Waals surface area (Å²) in [6.45, 7) is 3.28. The summed E-state index contributed by atoms with van der Waals surface area (Å²) in [5.41, 5.74) is 0. The van der Waals surface area contributed by atoms with Crippen molar-refractivity contribution in [1.29, 1.82) is 0 Å². The zero-order chi connectivity index (χ0) is 11.5. The van der Waals surface area contributed by atoms with E-state index in [0.717, 1.165) is 12.6 Å². The van der Waals surface area contributed by atoms with Gasteiger partial charge in [-0.15, -0.1) is 5.10 Å². The van der Waals surface area contributed by atoms with Gasteiger partial charge in [-0.2, -0.15) is 0 Å². The maximum Gasteiger partial charge on any atom is 0.291 e. The Morgan fingerprint density at radius 1 is 1.62 bits per heavy atom. The van der Waals surface area contributed by atoms with Crippen molar-refractivity contribution in [3.8, 4) is 0 Å². The molecule has 0 bridgehead atoms. The van der Waals surface area contributed by atoms with Gasteiger partial charge in [0.1, 0.15) is 5.82 Å². The Morgan fingerprint density at radius 3 is 2.94 bits per heavy atom. The number of carbonyl (C=O) groups is 1. The first-order valence-corrected chi connectivity index (χ1v) is 5.54. The Hall–Kier alpha value is -1.43. The van der Waals surface area contributed by atoms with Gasteiger partial charge in [-0.25, -0.2) is 4.98 Å². The molecule has 0 radical (unpaired) electrons. The van der Waals surface area contributed by atoms with Crippen LogP contribution >= 0.6 is 0 Å². The number of H-pyrrole nitrogens is 1. The molecule has 1 aliphatic rings. The molecule has 0 atom stereocenters. The minimum absolute atomic E-state index is 0.214. The number of likely N-dealkylation sites (N-methyl/N-ethyl adjacent to an activating group) is 1. The van der Waals surface area contributed by atoms with E-state index in [0.29, 0.717) is 12.4 Å². The second kappa shape index (κ2) is 4.61. The topological polar surface area (TPSA) is 73.9 Å². The van der Waals surface area contributed by atoms with Crippen LogP contribution in [0.3, 0.4) is 0 Å². The van der Waals surface area contributed by atoms with Crippen LogP contribution < -0.4 is 5.32 Å². The van der Waals surface area contributed by atoms with E-state index in [1.807, 2.05) is 0 Å². The maximum absolute atomic E-state index is 11.6. The summed E-state index contributed by atoms with van der Waals surface area (Å²) in [7, 11) is 2.08. The smallest absolute Gasteiger partial charge is 0.291 e. The van der Waals surface area contributed by atoms with Crippen LogP contribution in [-0.4, -0.2) is 52.2 Å². The summed E-state index contributed by atoms with van der Waals surface area (Å²) in [6, 6.07) is 0.725. The molecule has 1 amide bonds. The van der Waals surface area contributed by atoms with Crippen molar-refractivity contribution in [3.05, 3.63) is 11.6 Å². The summed E-state index contributed by atoms with van der Waals surface area (Å²) in [5, 5.41) is 9.24. The molecule has 16 heavy (non-hydrogen) atoms. The number of rotatable bonds is 5. The highest BCUT2D eigenvalue weighted by Gasteiger charge is 2.25. The van der Waals surface area contributed by atoms with E-state index < -0.39 is 0 Å². The monoisotopic (exact) mass is 223 g/mol. The predicted octanol–water partition coefficient (Wildman–Crippen LogP) is -0.0629. The summed E-state index contributed by atoms with van der Waals surface area (Å²) in [5.74, 6) is 0.653. The van der Waals surface area contributed by atoms with Crippen molar-refractivity contribution >= 4 is 5.91 Å². The third-order valence-corrected chi connectivity index (χ3v) is 2.72. The van der Waals surface area contributed by atoms with Gasteiger partial charge in [0.25, 0.3) is 5.91 Å². The number of nitrogens with one attached hydrogen (secondary N) is 2. The first-order chi connectivity index (χ1) is 7.66. The van der Waals surface area contributed by atoms with Crippen molar-refractivity contribution in [1.82, 2.24) is 25.4 Å². The Morgan fingerprint density at radius 2 is 2.38 bits per heavy atom. The second-order valence-electron chi connectivity index (χ2n) is 4.21. The standard InChI is InChI=1S/C10H17N5O/c1-7-12-9(14-13-7)10(16)11-5-6-15(2)8-3-4-8/h8H,3-6H2,1-2H3,(H,11,16)(H,12,13,14).